The number of hydrogen-bond donors (Lipinski definition) is 1. The van der Waals surface area contributed by atoms with Crippen LogP contribution >= 0.6 is 0 Å². The van der Waals surface area contributed by atoms with E-state index in [1.54, 1.807) is 0 Å². The summed E-state index contributed by atoms with van der Waals surface area (Å²) in [7, 11) is 0. The molecule has 0 aromatic heterocycles. The van der Waals surface area contributed by atoms with E-state index >= 15 is 0 Å². The van der Waals surface area contributed by atoms with Crippen molar-refractivity contribution in [2.24, 2.45) is 0 Å². The number of carbonyl (C=O) groups excluding carboxylic acids is 1. The van der Waals surface area contributed by atoms with Crippen LogP contribution in [0, 0.1) is 25.5 Å². The topological polar surface area (TPSA) is 29.1 Å². The maximum absolute atomic E-state index is 13.0. The van der Waals surface area contributed by atoms with Crippen LogP contribution in [0.4, 0.5) is 14.5 Å². The van der Waals surface area contributed by atoms with Crippen molar-refractivity contribution in [2.75, 3.05) is 5.32 Å². The van der Waals surface area contributed by atoms with Crippen molar-refractivity contribution in [3.05, 3.63) is 64.7 Å². The minimum Gasteiger partial charge on any atom is -0.326 e. The molecule has 0 unspecified atom stereocenters. The van der Waals surface area contributed by atoms with Gasteiger partial charge in [0.15, 0.2) is 0 Å². The van der Waals surface area contributed by atoms with Crippen LogP contribution in [0.2, 0.25) is 0 Å². The lowest BCUT2D eigenvalue weighted by atomic mass is 10.0. The van der Waals surface area contributed by atoms with Gasteiger partial charge in [0.1, 0.15) is 11.6 Å². The van der Waals surface area contributed by atoms with Crippen molar-refractivity contribution in [1.82, 2.24) is 0 Å². The van der Waals surface area contributed by atoms with Crippen molar-refractivity contribution in [3.8, 4) is 0 Å². The molecule has 0 aliphatic rings. The van der Waals surface area contributed by atoms with Crippen molar-refractivity contribution >= 4 is 11.6 Å². The molecular formula is C17H17F2NO. The molecule has 0 saturated heterocycles. The molecule has 2 aromatic carbocycles. The van der Waals surface area contributed by atoms with Crippen molar-refractivity contribution in [3.63, 3.8) is 0 Å². The number of carbonyl (C=O) groups is 1. The maximum atomic E-state index is 13.0. The van der Waals surface area contributed by atoms with Crippen LogP contribution in [0.5, 0.6) is 0 Å². The Balaban J connectivity index is 1.95. The van der Waals surface area contributed by atoms with E-state index in [2.05, 4.69) is 11.4 Å². The number of anilines is 1. The van der Waals surface area contributed by atoms with Crippen LogP contribution < -0.4 is 5.32 Å². The Morgan fingerprint density at radius 2 is 1.71 bits per heavy atom. The number of hydrogen-bond acceptors (Lipinski definition) is 1. The summed E-state index contributed by atoms with van der Waals surface area (Å²) in [6.45, 7) is 4.02. The van der Waals surface area contributed by atoms with E-state index in [0.717, 1.165) is 29.3 Å². The average Bonchev–Trinajstić information content (AvgIpc) is 2.36. The first-order valence-corrected chi connectivity index (χ1v) is 6.76. The summed E-state index contributed by atoms with van der Waals surface area (Å²) in [6.07, 6.45) is 0.859. The highest BCUT2D eigenvalue weighted by atomic mass is 19.1. The van der Waals surface area contributed by atoms with E-state index in [1.807, 2.05) is 26.0 Å². The van der Waals surface area contributed by atoms with Crippen molar-refractivity contribution < 1.29 is 13.6 Å². The number of amides is 1. The van der Waals surface area contributed by atoms with Crippen LogP contribution in [0.1, 0.15) is 23.1 Å². The van der Waals surface area contributed by atoms with Crippen LogP contribution in [0.15, 0.2) is 36.4 Å². The van der Waals surface area contributed by atoms with Gasteiger partial charge < -0.3 is 5.32 Å². The van der Waals surface area contributed by atoms with E-state index < -0.39 is 11.6 Å². The zero-order valence-corrected chi connectivity index (χ0v) is 12.0. The molecule has 0 heterocycles. The van der Waals surface area contributed by atoms with Crippen LogP contribution in [0.3, 0.4) is 0 Å². The fourth-order valence-electron chi connectivity index (χ4n) is 2.22. The van der Waals surface area contributed by atoms with E-state index in [4.69, 9.17) is 0 Å². The molecule has 110 valence electrons. The summed E-state index contributed by atoms with van der Waals surface area (Å²) in [5, 5.41) is 2.51. The lowest BCUT2D eigenvalue weighted by Gasteiger charge is -2.08. The molecule has 2 rings (SSSR count). The summed E-state index contributed by atoms with van der Waals surface area (Å²) >= 11 is 0. The summed E-state index contributed by atoms with van der Waals surface area (Å²) in [5.74, 6) is -1.68. The van der Waals surface area contributed by atoms with Gasteiger partial charge in [-0.1, -0.05) is 23.8 Å². The minimum atomic E-state index is -0.709. The van der Waals surface area contributed by atoms with Gasteiger partial charge in [0.25, 0.3) is 0 Å². The maximum Gasteiger partial charge on any atom is 0.224 e. The van der Waals surface area contributed by atoms with Gasteiger partial charge >= 0.3 is 0 Å². The predicted molar refractivity (Wildman–Crippen MR) is 79.2 cm³/mol. The molecular weight excluding hydrogens is 272 g/mol. The van der Waals surface area contributed by atoms with Crippen LogP contribution in [-0.2, 0) is 11.2 Å². The first-order chi connectivity index (χ1) is 9.94. The second-order valence-corrected chi connectivity index (χ2v) is 5.14. The van der Waals surface area contributed by atoms with E-state index in [0.29, 0.717) is 6.42 Å². The average molecular weight is 289 g/mol. The van der Waals surface area contributed by atoms with Crippen molar-refractivity contribution in [2.45, 2.75) is 26.7 Å². The molecule has 0 bridgehead atoms. The minimum absolute atomic E-state index is 0.137. The van der Waals surface area contributed by atoms with Gasteiger partial charge in [-0.2, -0.15) is 0 Å². The number of aryl methyl sites for hydroxylation is 3. The fourth-order valence-corrected chi connectivity index (χ4v) is 2.22. The Labute approximate surface area is 122 Å². The molecule has 4 heteroatoms. The zero-order chi connectivity index (χ0) is 15.4. The predicted octanol–water partition coefficient (Wildman–Crippen LogP) is 4.15. The third-order valence-corrected chi connectivity index (χ3v) is 3.27. The largest absolute Gasteiger partial charge is 0.326 e. The van der Waals surface area contributed by atoms with Gasteiger partial charge in [0.2, 0.25) is 5.91 Å². The normalized spacial score (nSPS) is 10.5. The molecule has 0 atom stereocenters. The Morgan fingerprint density at radius 1 is 1.05 bits per heavy atom. The molecule has 0 aliphatic heterocycles. The molecule has 2 nitrogen and oxygen atoms in total. The lowest BCUT2D eigenvalue weighted by Crippen LogP contribution is -2.13. The lowest BCUT2D eigenvalue weighted by molar-refractivity contribution is -0.116. The molecule has 0 fully saturated rings. The molecule has 0 radical (unpaired) electrons. The van der Waals surface area contributed by atoms with Crippen molar-refractivity contribution in [1.29, 1.82) is 0 Å². The summed E-state index contributed by atoms with van der Waals surface area (Å²) in [5.41, 5.74) is 3.55. The molecule has 1 amide bonds. The second-order valence-electron chi connectivity index (χ2n) is 5.14. The third kappa shape index (κ3) is 4.38. The van der Waals surface area contributed by atoms with E-state index in [1.165, 1.54) is 5.56 Å². The van der Waals surface area contributed by atoms with Gasteiger partial charge in [-0.05, 0) is 43.5 Å². The molecule has 0 spiro atoms. The molecule has 0 aliphatic carbocycles. The third-order valence-electron chi connectivity index (χ3n) is 3.27. The molecule has 1 N–H and O–H groups in total. The monoisotopic (exact) mass is 289 g/mol. The number of halogens is 2. The highest BCUT2D eigenvalue weighted by Crippen LogP contribution is 2.15. The van der Waals surface area contributed by atoms with Gasteiger partial charge in [-0.15, -0.1) is 0 Å². The quantitative estimate of drug-likeness (QED) is 0.900. The number of rotatable bonds is 4. The van der Waals surface area contributed by atoms with Crippen LogP contribution in [-0.4, -0.2) is 5.91 Å². The highest BCUT2D eigenvalue weighted by molar-refractivity contribution is 5.90. The first kappa shape index (κ1) is 15.2. The summed E-state index contributed by atoms with van der Waals surface area (Å²) in [6, 6.07) is 9.03. The Morgan fingerprint density at radius 3 is 2.33 bits per heavy atom. The van der Waals surface area contributed by atoms with Crippen LogP contribution in [0.25, 0.3) is 0 Å². The second kappa shape index (κ2) is 6.48. The Hall–Kier alpha value is -2.23. The number of nitrogens with one attached hydrogen (secondary N) is 1. The highest BCUT2D eigenvalue weighted by Gasteiger charge is 2.07. The molecule has 2 aromatic rings. The Bertz CT molecular complexity index is 648. The molecule has 21 heavy (non-hydrogen) atoms. The van der Waals surface area contributed by atoms with Gasteiger partial charge in [0.05, 0.1) is 0 Å². The van der Waals surface area contributed by atoms with E-state index in [9.17, 15) is 13.6 Å². The number of benzene rings is 2. The van der Waals surface area contributed by atoms with Gasteiger partial charge in [-0.3, -0.25) is 4.79 Å². The van der Waals surface area contributed by atoms with E-state index in [-0.39, 0.29) is 18.0 Å². The summed E-state index contributed by atoms with van der Waals surface area (Å²) < 4.78 is 26.1. The zero-order valence-electron chi connectivity index (χ0n) is 12.0. The standard InChI is InChI=1S/C17H17F2NO/c1-11-3-4-13(12(2)7-11)5-6-17(21)20-16-9-14(18)8-15(19)10-16/h3-4,7-10H,5-6H2,1-2H3,(H,20,21). The molecule has 0 saturated carbocycles. The fraction of sp³-hybridized carbons (Fsp3) is 0.235. The Kier molecular flexibility index (Phi) is 4.68. The summed E-state index contributed by atoms with van der Waals surface area (Å²) in [4.78, 5) is 11.8. The van der Waals surface area contributed by atoms with Gasteiger partial charge in [0, 0.05) is 18.2 Å². The SMILES string of the molecule is Cc1ccc(CCC(=O)Nc2cc(F)cc(F)c2)c(C)c1. The smallest absolute Gasteiger partial charge is 0.224 e. The first-order valence-electron chi connectivity index (χ1n) is 6.76. The van der Waals surface area contributed by atoms with Gasteiger partial charge in [-0.25, -0.2) is 8.78 Å².